The number of aromatic nitrogens is 6. The predicted octanol–water partition coefficient (Wildman–Crippen LogP) is 2.70. The Hall–Kier alpha value is -3.79. The molecule has 1 saturated carbocycles. The Morgan fingerprint density at radius 2 is 1.94 bits per heavy atom. The number of nitrogens with one attached hydrogen (secondary N) is 1. The van der Waals surface area contributed by atoms with E-state index in [1.807, 2.05) is 6.92 Å². The van der Waals surface area contributed by atoms with Gasteiger partial charge in [0.25, 0.3) is 11.5 Å². The van der Waals surface area contributed by atoms with Crippen LogP contribution in [0.5, 0.6) is 0 Å². The minimum absolute atomic E-state index is 0.281. The lowest BCUT2D eigenvalue weighted by Crippen LogP contribution is -2.40. The summed E-state index contributed by atoms with van der Waals surface area (Å²) in [6.07, 6.45) is 5.04. The molecule has 0 aliphatic heterocycles. The number of rotatable bonds is 6. The Balaban J connectivity index is 1.47. The van der Waals surface area contributed by atoms with Crippen molar-refractivity contribution >= 4 is 34.5 Å². The van der Waals surface area contributed by atoms with Gasteiger partial charge in [0.1, 0.15) is 22.3 Å². The van der Waals surface area contributed by atoms with Gasteiger partial charge in [-0.25, -0.2) is 19.7 Å². The first-order chi connectivity index (χ1) is 16.4. The minimum Gasteiger partial charge on any atom is -0.332 e. The van der Waals surface area contributed by atoms with Crippen LogP contribution in [0.15, 0.2) is 46.2 Å². The number of amides is 1. The largest absolute Gasteiger partial charge is 0.332 e. The van der Waals surface area contributed by atoms with Gasteiger partial charge in [0.15, 0.2) is 5.65 Å². The van der Waals surface area contributed by atoms with Gasteiger partial charge in [-0.1, -0.05) is 11.6 Å². The Bertz CT molecular complexity index is 1500. The highest BCUT2D eigenvalue weighted by molar-refractivity contribution is 6.29. The van der Waals surface area contributed by atoms with Crippen LogP contribution in [0.2, 0.25) is 5.15 Å². The zero-order chi connectivity index (χ0) is 24.0. The monoisotopic (exact) mass is 479 g/mol. The third kappa shape index (κ3) is 3.90. The van der Waals surface area contributed by atoms with Crippen molar-refractivity contribution < 1.29 is 4.79 Å². The number of imidazole rings is 1. The van der Waals surface area contributed by atoms with Crippen molar-refractivity contribution in [3.8, 4) is 11.4 Å². The lowest BCUT2D eigenvalue weighted by atomic mass is 10.2. The molecule has 5 rings (SSSR count). The maximum Gasteiger partial charge on any atom is 0.332 e. The summed E-state index contributed by atoms with van der Waals surface area (Å²) in [5.41, 5.74) is 0.930. The number of aryl methyl sites for hydroxylation is 1. The molecular weight excluding hydrogens is 458 g/mol. The lowest BCUT2D eigenvalue weighted by molar-refractivity contribution is 0.0992. The van der Waals surface area contributed by atoms with Gasteiger partial charge in [-0.05, 0) is 49.9 Å². The van der Waals surface area contributed by atoms with Crippen molar-refractivity contribution in [2.45, 2.75) is 32.9 Å². The first-order valence-corrected chi connectivity index (χ1v) is 11.3. The molecule has 1 amide bonds. The molecule has 4 aromatic rings. The highest BCUT2D eigenvalue weighted by Gasteiger charge is 2.25. The van der Waals surface area contributed by atoms with E-state index in [0.717, 1.165) is 12.8 Å². The topological polar surface area (TPSA) is 119 Å². The van der Waals surface area contributed by atoms with Crippen LogP contribution in [0, 0.1) is 5.92 Å². The van der Waals surface area contributed by atoms with Crippen molar-refractivity contribution in [2.24, 2.45) is 5.92 Å². The molecule has 4 heterocycles. The Labute approximate surface area is 198 Å². The number of H-pyrrole nitrogens is 1. The van der Waals surface area contributed by atoms with Crippen molar-refractivity contribution in [1.29, 1.82) is 0 Å². The van der Waals surface area contributed by atoms with Crippen LogP contribution in [-0.2, 0) is 13.1 Å². The Morgan fingerprint density at radius 1 is 1.15 bits per heavy atom. The smallest absolute Gasteiger partial charge is 0.332 e. The standard InChI is InChI=1S/C23H22ClN7O3/c1-3-30-20-18(22(33)31(23(30)34)12-13-4-5-13)27-19(28-20)14-7-9-17(26-10-14)29(2)21(32)15-6-8-16(24)25-11-15/h6-11,13H,3-5,12H2,1-2H3,(H,27,28). The molecule has 1 fully saturated rings. The van der Waals surface area contributed by atoms with E-state index >= 15 is 0 Å². The van der Waals surface area contributed by atoms with E-state index < -0.39 is 0 Å². The molecule has 0 bridgehead atoms. The zero-order valence-corrected chi connectivity index (χ0v) is 19.4. The van der Waals surface area contributed by atoms with Gasteiger partial charge in [0.2, 0.25) is 0 Å². The maximum atomic E-state index is 13.0. The SMILES string of the molecule is CCn1c(=O)n(CC2CC2)c(=O)c2[nH]c(-c3ccc(N(C)C(=O)c4ccc(Cl)nc4)nc3)nc21. The Morgan fingerprint density at radius 3 is 2.56 bits per heavy atom. The second-order valence-corrected chi connectivity index (χ2v) is 8.70. The number of carbonyl (C=O) groups is 1. The second-order valence-electron chi connectivity index (χ2n) is 8.31. The summed E-state index contributed by atoms with van der Waals surface area (Å²) in [4.78, 5) is 55.9. The highest BCUT2D eigenvalue weighted by Crippen LogP contribution is 2.30. The fraction of sp³-hybridized carbons (Fsp3) is 0.304. The third-order valence-electron chi connectivity index (χ3n) is 5.96. The summed E-state index contributed by atoms with van der Waals surface area (Å²) in [5, 5.41) is 0.306. The van der Waals surface area contributed by atoms with Gasteiger partial charge in [-0.2, -0.15) is 0 Å². The molecule has 0 unspecified atom stereocenters. The summed E-state index contributed by atoms with van der Waals surface area (Å²) < 4.78 is 2.81. The molecule has 10 nitrogen and oxygen atoms in total. The molecule has 4 aromatic heterocycles. The molecule has 1 aliphatic rings. The molecule has 174 valence electrons. The summed E-state index contributed by atoms with van der Waals surface area (Å²) in [7, 11) is 1.61. The molecular formula is C23H22ClN7O3. The van der Waals surface area contributed by atoms with Crippen LogP contribution in [0.25, 0.3) is 22.6 Å². The number of pyridine rings is 2. The summed E-state index contributed by atoms with van der Waals surface area (Å²) in [6, 6.07) is 6.58. The van der Waals surface area contributed by atoms with E-state index in [2.05, 4.69) is 19.9 Å². The van der Waals surface area contributed by atoms with Crippen LogP contribution in [-0.4, -0.2) is 42.0 Å². The normalized spacial score (nSPS) is 13.4. The number of hydrogen-bond acceptors (Lipinski definition) is 6. The molecule has 0 radical (unpaired) electrons. The molecule has 0 spiro atoms. The average Bonchev–Trinajstić information content (AvgIpc) is 3.57. The summed E-state index contributed by atoms with van der Waals surface area (Å²) >= 11 is 5.79. The van der Waals surface area contributed by atoms with E-state index in [-0.39, 0.29) is 17.2 Å². The number of fused-ring (bicyclic) bond motifs is 1. The van der Waals surface area contributed by atoms with Crippen LogP contribution in [0.1, 0.15) is 30.1 Å². The van der Waals surface area contributed by atoms with Crippen LogP contribution < -0.4 is 16.1 Å². The fourth-order valence-corrected chi connectivity index (χ4v) is 3.94. The second kappa shape index (κ2) is 8.53. The van der Waals surface area contributed by atoms with Crippen molar-refractivity contribution in [3.63, 3.8) is 0 Å². The van der Waals surface area contributed by atoms with E-state index in [0.29, 0.717) is 58.1 Å². The highest BCUT2D eigenvalue weighted by atomic mass is 35.5. The number of hydrogen-bond donors (Lipinski definition) is 1. The van der Waals surface area contributed by atoms with Crippen LogP contribution in [0.3, 0.4) is 0 Å². The van der Waals surface area contributed by atoms with Gasteiger partial charge in [0, 0.05) is 38.1 Å². The number of halogens is 1. The van der Waals surface area contributed by atoms with E-state index in [1.54, 1.807) is 37.5 Å². The molecule has 34 heavy (non-hydrogen) atoms. The zero-order valence-electron chi connectivity index (χ0n) is 18.7. The number of carbonyl (C=O) groups excluding carboxylic acids is 1. The van der Waals surface area contributed by atoms with Crippen molar-refractivity contribution in [2.75, 3.05) is 11.9 Å². The molecule has 0 aromatic carbocycles. The van der Waals surface area contributed by atoms with Gasteiger partial charge in [-0.15, -0.1) is 0 Å². The molecule has 1 N–H and O–H groups in total. The van der Waals surface area contributed by atoms with E-state index in [1.165, 1.54) is 20.2 Å². The molecule has 1 aliphatic carbocycles. The maximum absolute atomic E-state index is 13.0. The third-order valence-corrected chi connectivity index (χ3v) is 6.18. The number of anilines is 1. The number of aromatic amines is 1. The summed E-state index contributed by atoms with van der Waals surface area (Å²) in [5.74, 6) is 0.955. The average molecular weight is 480 g/mol. The van der Waals surface area contributed by atoms with Crippen LogP contribution >= 0.6 is 11.6 Å². The van der Waals surface area contributed by atoms with E-state index in [9.17, 15) is 14.4 Å². The fourth-order valence-electron chi connectivity index (χ4n) is 3.83. The summed E-state index contributed by atoms with van der Waals surface area (Å²) in [6.45, 7) is 2.68. The van der Waals surface area contributed by atoms with Gasteiger partial charge >= 0.3 is 5.69 Å². The quantitative estimate of drug-likeness (QED) is 0.425. The van der Waals surface area contributed by atoms with Crippen molar-refractivity contribution in [3.05, 3.63) is 68.2 Å². The number of nitrogens with zero attached hydrogens (tertiary/aromatic N) is 6. The molecule has 0 saturated heterocycles. The first kappa shape index (κ1) is 22.0. The predicted molar refractivity (Wildman–Crippen MR) is 128 cm³/mol. The van der Waals surface area contributed by atoms with Gasteiger partial charge < -0.3 is 4.98 Å². The first-order valence-electron chi connectivity index (χ1n) is 11.0. The van der Waals surface area contributed by atoms with E-state index in [4.69, 9.17) is 11.6 Å². The van der Waals surface area contributed by atoms with Gasteiger partial charge in [0.05, 0.1) is 5.56 Å². The molecule has 0 atom stereocenters. The Kier molecular flexibility index (Phi) is 5.52. The van der Waals surface area contributed by atoms with Gasteiger partial charge in [-0.3, -0.25) is 23.6 Å². The van der Waals surface area contributed by atoms with Crippen molar-refractivity contribution in [1.82, 2.24) is 29.1 Å². The minimum atomic E-state index is -0.359. The van der Waals surface area contributed by atoms with Crippen LogP contribution in [0.4, 0.5) is 5.82 Å². The molecule has 11 heteroatoms. The lowest BCUT2D eigenvalue weighted by Gasteiger charge is -2.16.